The quantitative estimate of drug-likeness (QED) is 0.421. The number of likely N-dealkylation sites (tertiary alicyclic amines) is 1. The van der Waals surface area contributed by atoms with E-state index in [2.05, 4.69) is 20.5 Å². The highest BCUT2D eigenvalue weighted by Crippen LogP contribution is 2.33. The summed E-state index contributed by atoms with van der Waals surface area (Å²) in [4.78, 5) is 18.7. The smallest absolute Gasteiger partial charge is 0.410 e. The molecule has 1 atom stereocenters. The Kier molecular flexibility index (Phi) is 5.95. The van der Waals surface area contributed by atoms with Gasteiger partial charge in [-0.15, -0.1) is 5.10 Å². The van der Waals surface area contributed by atoms with Crippen LogP contribution in [0.4, 0.5) is 9.18 Å². The second-order valence-electron chi connectivity index (χ2n) is 8.52. The van der Waals surface area contributed by atoms with E-state index in [0.717, 1.165) is 19.3 Å². The number of piperidine rings is 1. The summed E-state index contributed by atoms with van der Waals surface area (Å²) in [7, 11) is 0. The maximum atomic E-state index is 14.9. The molecule has 2 aromatic carbocycles. The van der Waals surface area contributed by atoms with Crippen LogP contribution in [-0.2, 0) is 4.74 Å². The second-order valence-corrected chi connectivity index (χ2v) is 8.52. The van der Waals surface area contributed by atoms with Gasteiger partial charge in [-0.25, -0.2) is 18.9 Å². The SMILES string of the molecule is CCC(C)OC(=O)N1CCC(c2nc3cc(-c4ccc(-n5cnnn5)cc4F)ccc3o2)CC1. The fourth-order valence-corrected chi connectivity index (χ4v) is 4.09. The molecule has 10 heteroatoms. The van der Waals surface area contributed by atoms with E-state index in [4.69, 9.17) is 9.15 Å². The number of aromatic nitrogens is 5. The molecule has 4 aromatic rings. The molecule has 9 nitrogen and oxygen atoms in total. The molecule has 1 fully saturated rings. The van der Waals surface area contributed by atoms with Crippen molar-refractivity contribution < 1.29 is 18.3 Å². The zero-order valence-electron chi connectivity index (χ0n) is 19.0. The Morgan fingerprint density at radius 1 is 1.24 bits per heavy atom. The molecule has 176 valence electrons. The first kappa shape index (κ1) is 22.0. The van der Waals surface area contributed by atoms with Gasteiger partial charge in [0.05, 0.1) is 5.69 Å². The number of rotatable bonds is 5. The van der Waals surface area contributed by atoms with E-state index in [1.54, 1.807) is 17.0 Å². The molecule has 0 radical (unpaired) electrons. The predicted octanol–water partition coefficient (Wildman–Crippen LogP) is 4.72. The van der Waals surface area contributed by atoms with Crippen LogP contribution in [0.15, 0.2) is 47.1 Å². The Balaban J connectivity index is 1.31. The van der Waals surface area contributed by atoms with Gasteiger partial charge in [-0.1, -0.05) is 13.0 Å². The van der Waals surface area contributed by atoms with Gasteiger partial charge in [0.25, 0.3) is 0 Å². The molecule has 2 aromatic heterocycles. The number of hydrogen-bond donors (Lipinski definition) is 0. The lowest BCUT2D eigenvalue weighted by molar-refractivity contribution is 0.0605. The Hall–Kier alpha value is -3.82. The molecule has 0 aliphatic carbocycles. The fraction of sp³-hybridized carbons (Fsp3) is 0.375. The van der Waals surface area contributed by atoms with Gasteiger partial charge in [-0.3, -0.25) is 0 Å². The third-order valence-corrected chi connectivity index (χ3v) is 6.26. The molecule has 1 aliphatic heterocycles. The molecule has 1 aliphatic rings. The van der Waals surface area contributed by atoms with E-state index in [1.165, 1.54) is 17.1 Å². The van der Waals surface area contributed by atoms with Crippen molar-refractivity contribution in [1.82, 2.24) is 30.1 Å². The van der Waals surface area contributed by atoms with E-state index < -0.39 is 0 Å². The zero-order chi connectivity index (χ0) is 23.7. The summed E-state index contributed by atoms with van der Waals surface area (Å²) in [5.41, 5.74) is 3.03. The third kappa shape index (κ3) is 4.35. The normalized spacial score (nSPS) is 15.6. The highest BCUT2D eigenvalue weighted by Gasteiger charge is 2.28. The van der Waals surface area contributed by atoms with Crippen molar-refractivity contribution in [3.63, 3.8) is 0 Å². The van der Waals surface area contributed by atoms with Crippen LogP contribution in [0.2, 0.25) is 0 Å². The van der Waals surface area contributed by atoms with Gasteiger partial charge < -0.3 is 14.1 Å². The molecule has 0 spiro atoms. The number of oxazole rings is 1. The number of amides is 1. The van der Waals surface area contributed by atoms with Gasteiger partial charge in [0.1, 0.15) is 23.8 Å². The summed E-state index contributed by atoms with van der Waals surface area (Å²) in [6.07, 6.45) is 3.36. The Bertz CT molecular complexity index is 1300. The van der Waals surface area contributed by atoms with Crippen molar-refractivity contribution in [2.75, 3.05) is 13.1 Å². The van der Waals surface area contributed by atoms with E-state index >= 15 is 0 Å². The lowest BCUT2D eigenvalue weighted by atomic mass is 9.97. The van der Waals surface area contributed by atoms with Crippen molar-refractivity contribution >= 4 is 17.2 Å². The molecule has 1 unspecified atom stereocenters. The Labute approximate surface area is 195 Å². The van der Waals surface area contributed by atoms with Gasteiger partial charge in [-0.2, -0.15) is 0 Å². The molecule has 34 heavy (non-hydrogen) atoms. The number of ether oxygens (including phenoxy) is 1. The minimum absolute atomic E-state index is 0.0860. The number of nitrogens with zero attached hydrogens (tertiary/aromatic N) is 6. The van der Waals surface area contributed by atoms with Gasteiger partial charge in [0.2, 0.25) is 0 Å². The topological polar surface area (TPSA) is 99.2 Å². The van der Waals surface area contributed by atoms with E-state index in [9.17, 15) is 9.18 Å². The highest BCUT2D eigenvalue weighted by molar-refractivity contribution is 5.81. The number of tetrazole rings is 1. The Morgan fingerprint density at radius 3 is 2.76 bits per heavy atom. The first-order chi connectivity index (χ1) is 16.5. The number of carbonyl (C=O) groups is 1. The average Bonchev–Trinajstić information content (AvgIpc) is 3.54. The third-order valence-electron chi connectivity index (χ3n) is 6.26. The standard InChI is InChI=1S/C24H25FN6O3/c1-3-15(2)33-24(32)30-10-8-16(9-11-30)23-27-21-12-17(4-7-22(21)34-23)19-6-5-18(13-20(19)25)31-14-26-28-29-31/h4-7,12-16H,3,8-11H2,1-2H3. The number of hydrogen-bond acceptors (Lipinski definition) is 7. The number of fused-ring (bicyclic) bond motifs is 1. The first-order valence-electron chi connectivity index (χ1n) is 11.4. The number of carbonyl (C=O) groups excluding carboxylic acids is 1. The van der Waals surface area contributed by atoms with Crippen LogP contribution in [0.1, 0.15) is 44.9 Å². The number of halogens is 1. The lowest BCUT2D eigenvalue weighted by Gasteiger charge is -2.30. The summed E-state index contributed by atoms with van der Waals surface area (Å²) in [6.45, 7) is 5.08. The van der Waals surface area contributed by atoms with Gasteiger partial charge in [0.15, 0.2) is 11.5 Å². The van der Waals surface area contributed by atoms with E-state index in [1.807, 2.05) is 32.0 Å². The molecule has 0 saturated carbocycles. The minimum atomic E-state index is -0.382. The van der Waals surface area contributed by atoms with Crippen LogP contribution in [0.5, 0.6) is 0 Å². The number of benzene rings is 2. The zero-order valence-corrected chi connectivity index (χ0v) is 19.0. The van der Waals surface area contributed by atoms with E-state index in [0.29, 0.717) is 46.9 Å². The highest BCUT2D eigenvalue weighted by atomic mass is 19.1. The summed E-state index contributed by atoms with van der Waals surface area (Å²) in [5, 5.41) is 10.9. The predicted molar refractivity (Wildman–Crippen MR) is 122 cm³/mol. The van der Waals surface area contributed by atoms with Crippen molar-refractivity contribution in [3.8, 4) is 16.8 Å². The molecule has 0 bridgehead atoms. The van der Waals surface area contributed by atoms with Crippen LogP contribution in [-0.4, -0.2) is 55.4 Å². The second kappa shape index (κ2) is 9.20. The van der Waals surface area contributed by atoms with Crippen LogP contribution < -0.4 is 0 Å². The lowest BCUT2D eigenvalue weighted by Crippen LogP contribution is -2.39. The largest absolute Gasteiger partial charge is 0.446 e. The summed E-state index contributed by atoms with van der Waals surface area (Å²) in [5.74, 6) is 0.389. The monoisotopic (exact) mass is 464 g/mol. The van der Waals surface area contributed by atoms with Crippen molar-refractivity contribution in [1.29, 1.82) is 0 Å². The van der Waals surface area contributed by atoms with Crippen LogP contribution in [0.25, 0.3) is 27.9 Å². The molecule has 0 N–H and O–H groups in total. The van der Waals surface area contributed by atoms with Crippen LogP contribution in [0.3, 0.4) is 0 Å². The van der Waals surface area contributed by atoms with Gasteiger partial charge in [-0.05, 0) is 66.4 Å². The maximum absolute atomic E-state index is 14.9. The molecule has 1 saturated heterocycles. The summed E-state index contributed by atoms with van der Waals surface area (Å²) in [6, 6.07) is 10.3. The summed E-state index contributed by atoms with van der Waals surface area (Å²) >= 11 is 0. The maximum Gasteiger partial charge on any atom is 0.410 e. The Morgan fingerprint density at radius 2 is 2.06 bits per heavy atom. The van der Waals surface area contributed by atoms with Crippen LogP contribution in [0, 0.1) is 5.82 Å². The molecule has 5 rings (SSSR count). The molecular formula is C24H25FN6O3. The van der Waals surface area contributed by atoms with E-state index in [-0.39, 0.29) is 23.9 Å². The minimum Gasteiger partial charge on any atom is -0.446 e. The average molecular weight is 465 g/mol. The summed E-state index contributed by atoms with van der Waals surface area (Å²) < 4.78 is 27.7. The van der Waals surface area contributed by atoms with Gasteiger partial charge >= 0.3 is 6.09 Å². The fourth-order valence-electron chi connectivity index (χ4n) is 4.09. The van der Waals surface area contributed by atoms with Crippen molar-refractivity contribution in [2.24, 2.45) is 0 Å². The van der Waals surface area contributed by atoms with Gasteiger partial charge in [0, 0.05) is 30.6 Å². The van der Waals surface area contributed by atoms with Crippen molar-refractivity contribution in [3.05, 3.63) is 54.4 Å². The molecule has 3 heterocycles. The first-order valence-corrected chi connectivity index (χ1v) is 11.4. The van der Waals surface area contributed by atoms with Crippen LogP contribution >= 0.6 is 0 Å². The molecule has 1 amide bonds. The van der Waals surface area contributed by atoms with Crippen molar-refractivity contribution in [2.45, 2.75) is 45.1 Å². The molecular weight excluding hydrogens is 439 g/mol.